The van der Waals surface area contributed by atoms with Gasteiger partial charge in [-0.1, -0.05) is 48.2 Å². The lowest BCUT2D eigenvalue weighted by molar-refractivity contribution is -0.124. The number of aliphatic imine (C=N–C) groups is 1. The molecule has 1 N–H and O–H groups in total. The van der Waals surface area contributed by atoms with Crippen molar-refractivity contribution in [1.29, 1.82) is 0 Å². The van der Waals surface area contributed by atoms with Crippen molar-refractivity contribution in [2.24, 2.45) is 10.9 Å². The van der Waals surface area contributed by atoms with Gasteiger partial charge in [-0.15, -0.1) is 0 Å². The molecule has 0 saturated carbocycles. The first-order chi connectivity index (χ1) is 12.7. The fraction of sp³-hybridized carbons (Fsp3) is 0.350. The maximum atomic E-state index is 13.0. The van der Waals surface area contributed by atoms with Gasteiger partial charge in [-0.3, -0.25) is 14.6 Å². The summed E-state index contributed by atoms with van der Waals surface area (Å²) in [6, 6.07) is 13.8. The Morgan fingerprint density at radius 3 is 2.62 bits per heavy atom. The summed E-state index contributed by atoms with van der Waals surface area (Å²) in [5, 5.41) is 5.71. The standard InChI is InChI=1S/C20H21N3O2S/c24-18(22-20-21-10-13-26-20)15-8-11-23(12-9-15)19(25)17-7-3-5-14-4-1-2-6-16(14)17/h1-7,15H,8-13H2,(H,21,22,24). The predicted octanol–water partition coefficient (Wildman–Crippen LogP) is 2.91. The van der Waals surface area contributed by atoms with E-state index in [1.54, 1.807) is 11.8 Å². The minimum Gasteiger partial charge on any atom is -0.339 e. The van der Waals surface area contributed by atoms with Crippen LogP contribution in [0, 0.1) is 5.92 Å². The summed E-state index contributed by atoms with van der Waals surface area (Å²) in [7, 11) is 0. The number of benzene rings is 2. The molecule has 2 heterocycles. The number of likely N-dealkylation sites (tertiary alicyclic amines) is 1. The Morgan fingerprint density at radius 2 is 1.85 bits per heavy atom. The molecule has 26 heavy (non-hydrogen) atoms. The molecule has 134 valence electrons. The number of carbonyl (C=O) groups is 2. The molecule has 5 nitrogen and oxygen atoms in total. The number of hydrogen-bond acceptors (Lipinski definition) is 4. The Balaban J connectivity index is 1.41. The maximum absolute atomic E-state index is 13.0. The van der Waals surface area contributed by atoms with E-state index >= 15 is 0 Å². The highest BCUT2D eigenvalue weighted by atomic mass is 32.2. The summed E-state index contributed by atoms with van der Waals surface area (Å²) >= 11 is 1.59. The molecule has 0 bridgehead atoms. The molecule has 0 spiro atoms. The topological polar surface area (TPSA) is 61.8 Å². The van der Waals surface area contributed by atoms with Gasteiger partial charge < -0.3 is 10.2 Å². The average Bonchev–Trinajstić information content (AvgIpc) is 3.20. The van der Waals surface area contributed by atoms with Crippen molar-refractivity contribution in [3.8, 4) is 0 Å². The highest BCUT2D eigenvalue weighted by Crippen LogP contribution is 2.24. The predicted molar refractivity (Wildman–Crippen MR) is 105 cm³/mol. The Hall–Kier alpha value is -2.34. The molecule has 1 saturated heterocycles. The van der Waals surface area contributed by atoms with Crippen LogP contribution in [0.4, 0.5) is 0 Å². The van der Waals surface area contributed by atoms with Gasteiger partial charge in [0.25, 0.3) is 5.91 Å². The van der Waals surface area contributed by atoms with E-state index < -0.39 is 0 Å². The van der Waals surface area contributed by atoms with Crippen LogP contribution in [0.3, 0.4) is 0 Å². The molecule has 2 aliphatic heterocycles. The SMILES string of the molecule is O=C(NC1=NCCS1)C1CCN(C(=O)c2cccc3ccccc23)CC1. The summed E-state index contributed by atoms with van der Waals surface area (Å²) in [6.45, 7) is 2.00. The van der Waals surface area contributed by atoms with Crippen molar-refractivity contribution in [2.75, 3.05) is 25.4 Å². The number of rotatable bonds is 2. The van der Waals surface area contributed by atoms with Crippen molar-refractivity contribution in [1.82, 2.24) is 10.2 Å². The molecular formula is C20H21N3O2S. The minimum atomic E-state index is -0.0459. The second kappa shape index (κ2) is 7.50. The molecule has 2 aromatic carbocycles. The third kappa shape index (κ3) is 3.46. The third-order valence-corrected chi connectivity index (χ3v) is 5.88. The molecule has 0 atom stereocenters. The van der Waals surface area contributed by atoms with Crippen molar-refractivity contribution in [3.05, 3.63) is 48.0 Å². The lowest BCUT2D eigenvalue weighted by atomic mass is 9.95. The number of piperidine rings is 1. The smallest absolute Gasteiger partial charge is 0.254 e. The van der Waals surface area contributed by atoms with Crippen LogP contribution in [0.15, 0.2) is 47.5 Å². The molecular weight excluding hydrogens is 346 g/mol. The lowest BCUT2D eigenvalue weighted by Gasteiger charge is -2.31. The fourth-order valence-electron chi connectivity index (χ4n) is 3.55. The first-order valence-corrected chi connectivity index (χ1v) is 9.96. The second-order valence-electron chi connectivity index (χ2n) is 6.62. The molecule has 2 amide bonds. The van der Waals surface area contributed by atoms with Gasteiger partial charge in [0.2, 0.25) is 5.91 Å². The Labute approximate surface area is 156 Å². The van der Waals surface area contributed by atoms with Gasteiger partial charge in [0.15, 0.2) is 5.17 Å². The third-order valence-electron chi connectivity index (χ3n) is 4.99. The van der Waals surface area contributed by atoms with Gasteiger partial charge in [-0.05, 0) is 29.7 Å². The fourth-order valence-corrected chi connectivity index (χ4v) is 4.28. The van der Waals surface area contributed by atoms with Crippen LogP contribution in [0.5, 0.6) is 0 Å². The first kappa shape index (κ1) is 17.1. The molecule has 6 heteroatoms. The van der Waals surface area contributed by atoms with Crippen LogP contribution < -0.4 is 5.32 Å². The number of fused-ring (bicyclic) bond motifs is 1. The number of carbonyl (C=O) groups excluding carboxylic acids is 2. The van der Waals surface area contributed by atoms with E-state index in [2.05, 4.69) is 10.3 Å². The van der Waals surface area contributed by atoms with Gasteiger partial charge in [0, 0.05) is 30.3 Å². The summed E-state index contributed by atoms with van der Waals surface area (Å²) in [4.78, 5) is 31.5. The average molecular weight is 367 g/mol. The molecule has 1 fully saturated rings. The molecule has 0 unspecified atom stereocenters. The largest absolute Gasteiger partial charge is 0.339 e. The van der Waals surface area contributed by atoms with E-state index in [0.717, 1.165) is 33.8 Å². The van der Waals surface area contributed by atoms with Gasteiger partial charge in [-0.2, -0.15) is 0 Å². The second-order valence-corrected chi connectivity index (χ2v) is 7.70. The van der Waals surface area contributed by atoms with Crippen LogP contribution in [0.2, 0.25) is 0 Å². The first-order valence-electron chi connectivity index (χ1n) is 8.97. The van der Waals surface area contributed by atoms with Crippen LogP contribution in [0.25, 0.3) is 10.8 Å². The van der Waals surface area contributed by atoms with Crippen LogP contribution >= 0.6 is 11.8 Å². The molecule has 0 aromatic heterocycles. The van der Waals surface area contributed by atoms with E-state index in [1.807, 2.05) is 47.4 Å². The molecule has 0 aliphatic carbocycles. The Bertz CT molecular complexity index is 867. The highest BCUT2D eigenvalue weighted by molar-refractivity contribution is 8.14. The number of amidine groups is 1. The summed E-state index contributed by atoms with van der Waals surface area (Å²) < 4.78 is 0. The Morgan fingerprint density at radius 1 is 1.08 bits per heavy atom. The number of hydrogen-bond donors (Lipinski definition) is 1. The quantitative estimate of drug-likeness (QED) is 0.888. The van der Waals surface area contributed by atoms with Crippen molar-refractivity contribution >= 4 is 39.5 Å². The van der Waals surface area contributed by atoms with E-state index in [1.165, 1.54) is 0 Å². The molecule has 2 aromatic rings. The van der Waals surface area contributed by atoms with Crippen molar-refractivity contribution < 1.29 is 9.59 Å². The van der Waals surface area contributed by atoms with Gasteiger partial charge >= 0.3 is 0 Å². The van der Waals surface area contributed by atoms with E-state index in [4.69, 9.17) is 0 Å². The molecule has 2 aliphatic rings. The normalized spacial score (nSPS) is 18.0. The van der Waals surface area contributed by atoms with Crippen LogP contribution in [0.1, 0.15) is 23.2 Å². The van der Waals surface area contributed by atoms with Crippen LogP contribution in [-0.2, 0) is 4.79 Å². The van der Waals surface area contributed by atoms with Gasteiger partial charge in [0.05, 0.1) is 6.54 Å². The van der Waals surface area contributed by atoms with Crippen molar-refractivity contribution in [2.45, 2.75) is 12.8 Å². The monoisotopic (exact) mass is 367 g/mol. The number of thioether (sulfide) groups is 1. The highest BCUT2D eigenvalue weighted by Gasteiger charge is 2.29. The Kier molecular flexibility index (Phi) is 4.93. The summed E-state index contributed by atoms with van der Waals surface area (Å²) in [5.41, 5.74) is 0.739. The van der Waals surface area contributed by atoms with Crippen LogP contribution in [-0.4, -0.2) is 47.3 Å². The van der Waals surface area contributed by atoms with E-state index in [0.29, 0.717) is 25.9 Å². The van der Waals surface area contributed by atoms with Crippen molar-refractivity contribution in [3.63, 3.8) is 0 Å². The number of nitrogens with one attached hydrogen (secondary N) is 1. The minimum absolute atomic E-state index is 0.0374. The van der Waals surface area contributed by atoms with E-state index in [9.17, 15) is 9.59 Å². The zero-order valence-electron chi connectivity index (χ0n) is 14.5. The zero-order valence-corrected chi connectivity index (χ0v) is 15.3. The maximum Gasteiger partial charge on any atom is 0.254 e. The van der Waals surface area contributed by atoms with E-state index in [-0.39, 0.29) is 17.7 Å². The number of nitrogens with zero attached hydrogens (tertiary/aromatic N) is 2. The molecule has 0 radical (unpaired) electrons. The lowest BCUT2D eigenvalue weighted by Crippen LogP contribution is -2.43. The summed E-state index contributed by atoms with van der Waals surface area (Å²) in [6.07, 6.45) is 1.39. The van der Waals surface area contributed by atoms with Gasteiger partial charge in [0.1, 0.15) is 0 Å². The summed E-state index contributed by atoms with van der Waals surface area (Å²) in [5.74, 6) is 0.982. The number of amides is 2. The zero-order chi connectivity index (χ0) is 17.9. The molecule has 4 rings (SSSR count). The van der Waals surface area contributed by atoms with Gasteiger partial charge in [-0.25, -0.2) is 0 Å².